The van der Waals surface area contributed by atoms with Crippen molar-refractivity contribution in [2.45, 2.75) is 30.2 Å². The largest absolute Gasteiger partial charge is 0.492 e. The van der Waals surface area contributed by atoms with Crippen LogP contribution in [0.15, 0.2) is 23.1 Å². The molecule has 1 aliphatic heterocycles. The Morgan fingerprint density at radius 1 is 1.35 bits per heavy atom. The Morgan fingerprint density at radius 2 is 2.10 bits per heavy atom. The van der Waals surface area contributed by atoms with Gasteiger partial charge in [-0.25, -0.2) is 13.1 Å². The molecule has 0 saturated heterocycles. The van der Waals surface area contributed by atoms with E-state index in [2.05, 4.69) is 4.72 Å². The number of nitrogens with one attached hydrogen (secondary N) is 1. The van der Waals surface area contributed by atoms with Gasteiger partial charge in [-0.15, -0.1) is 0 Å². The Morgan fingerprint density at radius 3 is 2.75 bits per heavy atom. The summed E-state index contributed by atoms with van der Waals surface area (Å²) < 4.78 is 32.2. The highest BCUT2D eigenvalue weighted by Crippen LogP contribution is 2.30. The summed E-state index contributed by atoms with van der Waals surface area (Å²) in [4.78, 5) is 11.2. The molecule has 6 nitrogen and oxygen atoms in total. The molecule has 2 aliphatic rings. The van der Waals surface area contributed by atoms with Crippen molar-refractivity contribution in [2.75, 3.05) is 6.61 Å². The molecule has 7 heteroatoms. The maximum Gasteiger partial charge on any atom is 0.310 e. The highest BCUT2D eigenvalue weighted by Gasteiger charge is 2.30. The molecular weight excluding hydrogens is 282 g/mol. The first-order valence-electron chi connectivity index (χ1n) is 6.46. The van der Waals surface area contributed by atoms with Gasteiger partial charge in [-0.3, -0.25) is 4.79 Å². The van der Waals surface area contributed by atoms with E-state index < -0.39 is 21.9 Å². The van der Waals surface area contributed by atoms with Crippen LogP contribution in [0.5, 0.6) is 5.75 Å². The number of hydrogen-bond donors (Lipinski definition) is 2. The molecule has 0 aromatic heterocycles. The van der Waals surface area contributed by atoms with Crippen molar-refractivity contribution in [2.24, 2.45) is 5.92 Å². The number of ether oxygens (including phenoxy) is 1. The Labute approximate surface area is 116 Å². The van der Waals surface area contributed by atoms with E-state index in [4.69, 9.17) is 9.84 Å². The number of carboxylic acids is 1. The van der Waals surface area contributed by atoms with Crippen molar-refractivity contribution >= 4 is 16.0 Å². The molecule has 0 spiro atoms. The molecule has 0 radical (unpaired) electrons. The van der Waals surface area contributed by atoms with Gasteiger partial charge in [0.05, 0.1) is 10.8 Å². The average molecular weight is 297 g/mol. The van der Waals surface area contributed by atoms with Gasteiger partial charge in [-0.2, -0.15) is 0 Å². The van der Waals surface area contributed by atoms with Crippen molar-refractivity contribution in [1.82, 2.24) is 4.72 Å². The Hall–Kier alpha value is -1.60. The van der Waals surface area contributed by atoms with E-state index in [1.165, 1.54) is 12.1 Å². The normalized spacial score (nSPS) is 21.9. The summed E-state index contributed by atoms with van der Waals surface area (Å²) in [5, 5.41) is 9.01. The van der Waals surface area contributed by atoms with E-state index in [1.807, 2.05) is 0 Å². The van der Waals surface area contributed by atoms with Crippen molar-refractivity contribution in [3.63, 3.8) is 0 Å². The van der Waals surface area contributed by atoms with Crippen molar-refractivity contribution in [3.8, 4) is 5.75 Å². The predicted octanol–water partition coefficient (Wildman–Crippen LogP) is 0.763. The van der Waals surface area contributed by atoms with Gasteiger partial charge < -0.3 is 9.84 Å². The summed E-state index contributed by atoms with van der Waals surface area (Å²) in [6, 6.07) is 4.63. The molecule has 1 aliphatic carbocycles. The van der Waals surface area contributed by atoms with Gasteiger partial charge in [0.25, 0.3) is 0 Å². The maximum atomic E-state index is 12.1. The Bertz CT molecular complexity index is 651. The van der Waals surface area contributed by atoms with Gasteiger partial charge in [-0.05, 0) is 43.0 Å². The zero-order valence-electron chi connectivity index (χ0n) is 10.7. The second-order valence-electron chi connectivity index (χ2n) is 5.22. The van der Waals surface area contributed by atoms with Crippen LogP contribution < -0.4 is 9.46 Å². The summed E-state index contributed by atoms with van der Waals surface area (Å²) >= 11 is 0. The molecule has 0 amide bonds. The van der Waals surface area contributed by atoms with Crippen LogP contribution in [0.3, 0.4) is 0 Å². The van der Waals surface area contributed by atoms with Gasteiger partial charge in [0.1, 0.15) is 12.4 Å². The quantitative estimate of drug-likeness (QED) is 0.856. The smallest absolute Gasteiger partial charge is 0.310 e. The minimum Gasteiger partial charge on any atom is -0.492 e. The zero-order chi connectivity index (χ0) is 14.3. The lowest BCUT2D eigenvalue weighted by atomic mass is 9.97. The first-order valence-corrected chi connectivity index (χ1v) is 7.95. The van der Waals surface area contributed by atoms with Gasteiger partial charge >= 0.3 is 5.97 Å². The lowest BCUT2D eigenvalue weighted by molar-refractivity contribution is -0.143. The third-order valence-corrected chi connectivity index (χ3v) is 5.02. The number of fused-ring (bicyclic) bond motifs is 1. The molecule has 1 heterocycles. The van der Waals surface area contributed by atoms with Crippen LogP contribution in [0.4, 0.5) is 0 Å². The lowest BCUT2D eigenvalue weighted by Gasteiger charge is -2.23. The fourth-order valence-corrected chi connectivity index (χ4v) is 3.54. The van der Waals surface area contributed by atoms with Crippen LogP contribution in [-0.4, -0.2) is 32.1 Å². The number of sulfonamides is 1. The highest BCUT2D eigenvalue weighted by molar-refractivity contribution is 7.89. The van der Waals surface area contributed by atoms with E-state index in [1.54, 1.807) is 6.07 Å². The van der Waals surface area contributed by atoms with Crippen LogP contribution in [0, 0.1) is 5.92 Å². The molecule has 1 aromatic rings. The molecule has 1 fully saturated rings. The summed E-state index contributed by atoms with van der Waals surface area (Å²) in [5.74, 6) is -0.996. The monoisotopic (exact) mass is 297 g/mol. The van der Waals surface area contributed by atoms with Crippen molar-refractivity contribution < 1.29 is 23.1 Å². The molecule has 20 heavy (non-hydrogen) atoms. The van der Waals surface area contributed by atoms with Gasteiger partial charge in [0, 0.05) is 6.04 Å². The predicted molar refractivity (Wildman–Crippen MR) is 70.1 cm³/mol. The first-order chi connectivity index (χ1) is 9.45. The molecule has 1 atom stereocenters. The average Bonchev–Trinajstić information content (AvgIpc) is 3.20. The van der Waals surface area contributed by atoms with E-state index in [-0.39, 0.29) is 24.0 Å². The van der Waals surface area contributed by atoms with E-state index in [0.717, 1.165) is 12.8 Å². The number of carboxylic acid groups (broad SMARTS) is 1. The third-order valence-electron chi connectivity index (χ3n) is 3.50. The molecule has 1 aromatic carbocycles. The minimum atomic E-state index is -3.52. The third kappa shape index (κ3) is 2.64. The summed E-state index contributed by atoms with van der Waals surface area (Å²) in [7, 11) is -3.52. The standard InChI is InChI=1S/C13H15NO5S/c15-13(16)9-5-8-6-11(3-4-12(8)19-7-9)20(17,18)14-10-1-2-10/h3-4,6,9-10,14H,1-2,5,7H2,(H,15,16). The SMILES string of the molecule is O=C(O)C1COc2ccc(S(=O)(=O)NC3CC3)cc2C1. The van der Waals surface area contributed by atoms with E-state index in [0.29, 0.717) is 11.3 Å². The first kappa shape index (κ1) is 13.4. The zero-order valence-corrected chi connectivity index (χ0v) is 11.5. The minimum absolute atomic E-state index is 0.0408. The number of aliphatic carboxylic acids is 1. The molecule has 3 rings (SSSR count). The topological polar surface area (TPSA) is 92.7 Å². The van der Waals surface area contributed by atoms with Crippen molar-refractivity contribution in [1.29, 1.82) is 0 Å². The van der Waals surface area contributed by atoms with Crippen LogP contribution in [0.2, 0.25) is 0 Å². The fourth-order valence-electron chi connectivity index (χ4n) is 2.19. The molecule has 0 bridgehead atoms. The highest BCUT2D eigenvalue weighted by atomic mass is 32.2. The van der Waals surface area contributed by atoms with Gasteiger partial charge in [-0.1, -0.05) is 0 Å². The van der Waals surface area contributed by atoms with Crippen LogP contribution >= 0.6 is 0 Å². The van der Waals surface area contributed by atoms with E-state index in [9.17, 15) is 13.2 Å². The number of rotatable bonds is 4. The summed E-state index contributed by atoms with van der Waals surface area (Å²) in [5.41, 5.74) is 0.627. The molecule has 1 unspecified atom stereocenters. The second kappa shape index (κ2) is 4.75. The number of hydrogen-bond acceptors (Lipinski definition) is 4. The molecule has 108 valence electrons. The van der Waals surface area contributed by atoms with Crippen LogP contribution in [0.25, 0.3) is 0 Å². The van der Waals surface area contributed by atoms with E-state index >= 15 is 0 Å². The van der Waals surface area contributed by atoms with Crippen LogP contribution in [0.1, 0.15) is 18.4 Å². The van der Waals surface area contributed by atoms with Gasteiger partial charge in [0.2, 0.25) is 10.0 Å². The van der Waals surface area contributed by atoms with Gasteiger partial charge in [0.15, 0.2) is 0 Å². The maximum absolute atomic E-state index is 12.1. The summed E-state index contributed by atoms with van der Waals surface area (Å²) in [6.07, 6.45) is 2.03. The van der Waals surface area contributed by atoms with Crippen LogP contribution in [-0.2, 0) is 21.2 Å². The molecule has 1 saturated carbocycles. The Kier molecular flexibility index (Phi) is 3.18. The number of carbonyl (C=O) groups is 1. The summed E-state index contributed by atoms with van der Waals surface area (Å²) in [6.45, 7) is 0.120. The Balaban J connectivity index is 1.88. The molecule has 2 N–H and O–H groups in total. The van der Waals surface area contributed by atoms with Crippen molar-refractivity contribution in [3.05, 3.63) is 23.8 Å². The lowest BCUT2D eigenvalue weighted by Crippen LogP contribution is -2.29. The number of benzene rings is 1. The second-order valence-corrected chi connectivity index (χ2v) is 6.93. The fraction of sp³-hybridized carbons (Fsp3) is 0.462. The molecular formula is C13H15NO5S.